The van der Waals surface area contributed by atoms with Crippen molar-refractivity contribution in [2.45, 2.75) is 16.3 Å². The molecule has 0 fully saturated rings. The van der Waals surface area contributed by atoms with E-state index in [-0.39, 0.29) is 22.0 Å². The lowest BCUT2D eigenvalue weighted by Gasteiger charge is -2.23. The van der Waals surface area contributed by atoms with Crippen molar-refractivity contribution in [3.63, 3.8) is 0 Å². The highest BCUT2D eigenvalue weighted by Gasteiger charge is 2.29. The van der Waals surface area contributed by atoms with E-state index in [4.69, 9.17) is 0 Å². The Morgan fingerprint density at radius 1 is 0.737 bits per heavy atom. The Labute approximate surface area is 223 Å². The first-order valence-corrected chi connectivity index (χ1v) is 14.8. The van der Waals surface area contributed by atoms with Crippen LogP contribution >= 0.6 is 11.3 Å². The van der Waals surface area contributed by atoms with Gasteiger partial charge in [-0.05, 0) is 58.8 Å². The number of sulfonamides is 2. The third kappa shape index (κ3) is 5.70. The molecular formula is C25H22N2O8S3. The molecule has 0 atom stereocenters. The van der Waals surface area contributed by atoms with Gasteiger partial charge in [-0.2, -0.15) is 4.31 Å². The van der Waals surface area contributed by atoms with Crippen LogP contribution in [-0.4, -0.2) is 56.4 Å². The normalized spacial score (nSPS) is 12.0. The molecule has 38 heavy (non-hydrogen) atoms. The van der Waals surface area contributed by atoms with E-state index in [0.717, 1.165) is 8.61 Å². The molecule has 4 rings (SSSR count). The van der Waals surface area contributed by atoms with E-state index in [1.54, 1.807) is 23.6 Å². The molecule has 3 aromatic carbocycles. The van der Waals surface area contributed by atoms with Gasteiger partial charge in [-0.3, -0.25) is 13.9 Å². The second-order valence-corrected chi connectivity index (χ2v) is 12.9. The molecule has 0 amide bonds. The lowest BCUT2D eigenvalue weighted by Crippen LogP contribution is -2.36. The Kier molecular flexibility index (Phi) is 7.83. The van der Waals surface area contributed by atoms with E-state index >= 15 is 0 Å². The van der Waals surface area contributed by atoms with Crippen molar-refractivity contribution in [3.05, 3.63) is 89.8 Å². The number of hydrogen-bond donors (Lipinski definition) is 2. The smallest absolute Gasteiger partial charge is 0.324 e. The molecule has 0 spiro atoms. The van der Waals surface area contributed by atoms with Crippen molar-refractivity contribution in [2.75, 3.05) is 17.4 Å². The van der Waals surface area contributed by atoms with Gasteiger partial charge in [0.15, 0.2) is 0 Å². The summed E-state index contributed by atoms with van der Waals surface area (Å²) in [4.78, 5) is 23.0. The number of fused-ring (bicyclic) bond motifs is 1. The molecule has 13 heteroatoms. The Bertz CT molecular complexity index is 1690. The number of hydrogen-bond acceptors (Lipinski definition) is 7. The van der Waals surface area contributed by atoms with Crippen LogP contribution in [0.15, 0.2) is 94.0 Å². The molecule has 0 saturated carbocycles. The third-order valence-electron chi connectivity index (χ3n) is 5.57. The molecule has 198 valence electrons. The van der Waals surface area contributed by atoms with Gasteiger partial charge in [0.1, 0.15) is 13.1 Å². The standard InChI is InChI=1S/C25H22N2O8S3/c28-24(29)15-26(37(32,33)20-7-3-1-4-8-20)14-18-17-36-23-12-11-19(13-22(18)23)27(16-25(30)31)38(34,35)21-9-5-2-6-10-21/h1-13,17H,14-16H2,(H,28,29)(H,30,31). The van der Waals surface area contributed by atoms with E-state index in [1.165, 1.54) is 72.0 Å². The van der Waals surface area contributed by atoms with Gasteiger partial charge in [0.2, 0.25) is 10.0 Å². The molecule has 0 radical (unpaired) electrons. The second kappa shape index (κ2) is 10.9. The summed E-state index contributed by atoms with van der Waals surface area (Å²) in [5.41, 5.74) is 0.513. The first-order valence-electron chi connectivity index (χ1n) is 11.1. The average Bonchev–Trinajstić information content (AvgIpc) is 3.29. The molecular weight excluding hydrogens is 552 g/mol. The van der Waals surface area contributed by atoms with Crippen molar-refractivity contribution in [2.24, 2.45) is 0 Å². The second-order valence-electron chi connectivity index (χ2n) is 8.14. The highest BCUT2D eigenvalue weighted by Crippen LogP contribution is 2.33. The molecule has 0 bridgehead atoms. The first kappa shape index (κ1) is 27.3. The minimum absolute atomic E-state index is 0.0666. The van der Waals surface area contributed by atoms with Gasteiger partial charge < -0.3 is 10.2 Å². The number of carboxylic acids is 2. The predicted octanol–water partition coefficient (Wildman–Crippen LogP) is 3.46. The first-order chi connectivity index (χ1) is 18.0. The highest BCUT2D eigenvalue weighted by atomic mass is 32.2. The molecule has 1 aromatic heterocycles. The van der Waals surface area contributed by atoms with Gasteiger partial charge in [0.25, 0.3) is 10.0 Å². The topological polar surface area (TPSA) is 149 Å². The number of aliphatic carboxylic acids is 2. The summed E-state index contributed by atoms with van der Waals surface area (Å²) in [6.07, 6.45) is 0. The summed E-state index contributed by atoms with van der Waals surface area (Å²) in [6, 6.07) is 19.4. The van der Waals surface area contributed by atoms with Crippen molar-refractivity contribution in [1.29, 1.82) is 0 Å². The van der Waals surface area contributed by atoms with Crippen LogP contribution in [0.25, 0.3) is 10.1 Å². The number of rotatable bonds is 11. The van der Waals surface area contributed by atoms with Crippen LogP contribution in [0.3, 0.4) is 0 Å². The van der Waals surface area contributed by atoms with Crippen LogP contribution in [0, 0.1) is 0 Å². The van der Waals surface area contributed by atoms with Crippen molar-refractivity contribution in [1.82, 2.24) is 4.31 Å². The van der Waals surface area contributed by atoms with Crippen molar-refractivity contribution >= 4 is 59.1 Å². The Balaban J connectivity index is 1.78. The van der Waals surface area contributed by atoms with Crippen LogP contribution in [0.5, 0.6) is 0 Å². The van der Waals surface area contributed by atoms with E-state index in [0.29, 0.717) is 15.6 Å². The fourth-order valence-electron chi connectivity index (χ4n) is 3.81. The number of thiophene rings is 1. The van der Waals surface area contributed by atoms with Gasteiger partial charge in [-0.15, -0.1) is 11.3 Å². The molecule has 0 aliphatic carbocycles. The molecule has 0 saturated heterocycles. The summed E-state index contributed by atoms with van der Waals surface area (Å²) >= 11 is 1.27. The molecule has 0 unspecified atom stereocenters. The number of nitrogens with zero attached hydrogens (tertiary/aromatic N) is 2. The number of benzene rings is 3. The monoisotopic (exact) mass is 574 g/mol. The van der Waals surface area contributed by atoms with Crippen LogP contribution in [-0.2, 0) is 36.2 Å². The zero-order chi connectivity index (χ0) is 27.5. The zero-order valence-electron chi connectivity index (χ0n) is 19.7. The fraction of sp³-hybridized carbons (Fsp3) is 0.120. The van der Waals surface area contributed by atoms with Crippen LogP contribution < -0.4 is 4.31 Å². The molecule has 10 nitrogen and oxygen atoms in total. The van der Waals surface area contributed by atoms with Gasteiger partial charge in [-0.1, -0.05) is 36.4 Å². The van der Waals surface area contributed by atoms with E-state index in [2.05, 4.69) is 0 Å². The van der Waals surface area contributed by atoms with Gasteiger partial charge in [0, 0.05) is 11.2 Å². The lowest BCUT2D eigenvalue weighted by atomic mass is 10.1. The Morgan fingerprint density at radius 3 is 1.84 bits per heavy atom. The summed E-state index contributed by atoms with van der Waals surface area (Å²) in [7, 11) is -8.41. The minimum Gasteiger partial charge on any atom is -0.480 e. The largest absolute Gasteiger partial charge is 0.480 e. The summed E-state index contributed by atoms with van der Waals surface area (Å²) < 4.78 is 55.4. The van der Waals surface area contributed by atoms with E-state index in [1.807, 2.05) is 0 Å². The molecule has 2 N–H and O–H groups in total. The summed E-state index contributed by atoms with van der Waals surface area (Å²) in [5.74, 6) is -2.71. The van der Waals surface area contributed by atoms with Gasteiger partial charge >= 0.3 is 11.9 Å². The predicted molar refractivity (Wildman–Crippen MR) is 142 cm³/mol. The molecule has 0 aliphatic heterocycles. The minimum atomic E-state index is -4.24. The molecule has 1 heterocycles. The molecule has 4 aromatic rings. The van der Waals surface area contributed by atoms with E-state index in [9.17, 15) is 36.6 Å². The number of anilines is 1. The lowest BCUT2D eigenvalue weighted by molar-refractivity contribution is -0.137. The average molecular weight is 575 g/mol. The van der Waals surface area contributed by atoms with Crippen molar-refractivity contribution in [3.8, 4) is 0 Å². The fourth-order valence-corrected chi connectivity index (χ4v) is 7.56. The SMILES string of the molecule is O=C(O)CN(Cc1csc2ccc(N(CC(=O)O)S(=O)(=O)c3ccccc3)cc12)S(=O)(=O)c1ccccc1. The van der Waals surface area contributed by atoms with Crippen LogP contribution in [0.1, 0.15) is 5.56 Å². The Hall–Kier alpha value is -3.78. The maximum absolute atomic E-state index is 13.3. The third-order valence-corrected chi connectivity index (χ3v) is 10.2. The zero-order valence-corrected chi connectivity index (χ0v) is 22.1. The maximum atomic E-state index is 13.3. The van der Waals surface area contributed by atoms with Gasteiger partial charge in [0.05, 0.1) is 15.5 Å². The van der Waals surface area contributed by atoms with Crippen LogP contribution in [0.4, 0.5) is 5.69 Å². The van der Waals surface area contributed by atoms with E-state index < -0.39 is 45.1 Å². The quantitative estimate of drug-likeness (QED) is 0.277. The molecule has 0 aliphatic rings. The Morgan fingerprint density at radius 2 is 1.29 bits per heavy atom. The summed E-state index contributed by atoms with van der Waals surface area (Å²) in [6.45, 7) is -1.92. The number of carboxylic acid groups (broad SMARTS) is 2. The number of carbonyl (C=O) groups is 2. The van der Waals surface area contributed by atoms with Gasteiger partial charge in [-0.25, -0.2) is 16.8 Å². The highest BCUT2D eigenvalue weighted by molar-refractivity contribution is 7.92. The maximum Gasteiger partial charge on any atom is 0.324 e. The van der Waals surface area contributed by atoms with Crippen LogP contribution in [0.2, 0.25) is 0 Å². The summed E-state index contributed by atoms with van der Waals surface area (Å²) in [5, 5.41) is 21.0. The van der Waals surface area contributed by atoms with Crippen molar-refractivity contribution < 1.29 is 36.6 Å².